The Hall–Kier alpha value is -2.77. The smallest absolute Gasteiger partial charge is 0.303 e. The van der Waals surface area contributed by atoms with E-state index in [-0.39, 0.29) is 12.5 Å². The maximum Gasteiger partial charge on any atom is 0.303 e. The van der Waals surface area contributed by atoms with E-state index in [1.165, 1.54) is 19.3 Å². The zero-order valence-electron chi connectivity index (χ0n) is 16.7. The van der Waals surface area contributed by atoms with Crippen LogP contribution in [0.25, 0.3) is 0 Å². The number of unbranched alkanes of at least 4 members (excludes halogenated alkanes) is 1. The molecule has 2 aromatic rings. The Bertz CT molecular complexity index is 758. The second kappa shape index (κ2) is 11.3. The van der Waals surface area contributed by atoms with Gasteiger partial charge in [-0.25, -0.2) is 4.98 Å². The highest BCUT2D eigenvalue weighted by Crippen LogP contribution is 2.30. The van der Waals surface area contributed by atoms with Crippen molar-refractivity contribution in [3.05, 3.63) is 43.0 Å². The first-order valence-electron chi connectivity index (χ1n) is 10.4. The van der Waals surface area contributed by atoms with Crippen molar-refractivity contribution in [3.63, 3.8) is 0 Å². The summed E-state index contributed by atoms with van der Waals surface area (Å²) in [5, 5.41) is 13.3. The summed E-state index contributed by atoms with van der Waals surface area (Å²) < 4.78 is 2.07. The van der Waals surface area contributed by atoms with E-state index in [9.17, 15) is 4.79 Å². The Kier molecular flexibility index (Phi) is 8.15. The molecule has 0 bridgehead atoms. The summed E-state index contributed by atoms with van der Waals surface area (Å²) in [6, 6.07) is -0.0312. The van der Waals surface area contributed by atoms with Gasteiger partial charge in [0.1, 0.15) is 6.61 Å². The fourth-order valence-corrected chi connectivity index (χ4v) is 3.82. The van der Waals surface area contributed by atoms with Gasteiger partial charge in [0.05, 0.1) is 23.8 Å². The third-order valence-electron chi connectivity index (χ3n) is 5.31. The lowest BCUT2D eigenvalue weighted by Gasteiger charge is -2.29. The number of imidazole rings is 1. The van der Waals surface area contributed by atoms with Crippen LogP contribution in [0.3, 0.4) is 0 Å². The molecule has 29 heavy (non-hydrogen) atoms. The number of hydrogen-bond acceptors (Lipinski definition) is 6. The van der Waals surface area contributed by atoms with Crippen LogP contribution >= 0.6 is 0 Å². The summed E-state index contributed by atoms with van der Waals surface area (Å²) in [5.41, 5.74) is 1.92. The van der Waals surface area contributed by atoms with Gasteiger partial charge in [-0.2, -0.15) is 0 Å². The lowest BCUT2D eigenvalue weighted by molar-refractivity contribution is -0.137. The summed E-state index contributed by atoms with van der Waals surface area (Å²) in [6.07, 6.45) is 18.7. The summed E-state index contributed by atoms with van der Waals surface area (Å²) in [5.74, 6) is -0.410. The summed E-state index contributed by atoms with van der Waals surface area (Å²) in [7, 11) is 0. The predicted octanol–water partition coefficient (Wildman–Crippen LogP) is 3.66. The molecule has 1 atom stereocenters. The number of carboxylic acids is 1. The van der Waals surface area contributed by atoms with Crippen molar-refractivity contribution < 1.29 is 14.7 Å². The van der Waals surface area contributed by atoms with Crippen LogP contribution in [-0.4, -0.2) is 42.9 Å². The molecular weight excluding hydrogens is 370 g/mol. The number of oxime groups is 1. The number of aliphatic carboxylic acids is 1. The largest absolute Gasteiger partial charge is 0.481 e. The molecule has 0 saturated heterocycles. The molecule has 8 nitrogen and oxygen atoms in total. The van der Waals surface area contributed by atoms with Gasteiger partial charge in [0.2, 0.25) is 0 Å². The van der Waals surface area contributed by atoms with Crippen molar-refractivity contribution in [1.29, 1.82) is 0 Å². The zero-order chi connectivity index (χ0) is 20.3. The predicted molar refractivity (Wildman–Crippen MR) is 108 cm³/mol. The van der Waals surface area contributed by atoms with Crippen LogP contribution in [0, 0.1) is 5.92 Å². The fourth-order valence-electron chi connectivity index (χ4n) is 3.82. The number of nitrogens with zero attached hydrogens (tertiary/aromatic N) is 5. The highest BCUT2D eigenvalue weighted by atomic mass is 16.6. The van der Waals surface area contributed by atoms with Crippen LogP contribution in [-0.2, 0) is 16.1 Å². The fraction of sp³-hybridized carbons (Fsp3) is 0.571. The molecule has 1 aliphatic rings. The number of rotatable bonds is 11. The second-order valence-electron chi connectivity index (χ2n) is 7.46. The van der Waals surface area contributed by atoms with Crippen LogP contribution in [0.5, 0.6) is 0 Å². The van der Waals surface area contributed by atoms with Crippen molar-refractivity contribution in [3.8, 4) is 0 Å². The number of carboxylic acid groups (broad SMARTS) is 1. The van der Waals surface area contributed by atoms with E-state index < -0.39 is 5.97 Å². The van der Waals surface area contributed by atoms with Gasteiger partial charge in [-0.3, -0.25) is 14.8 Å². The molecule has 0 spiro atoms. The SMILES string of the molecule is O=C(O)CCCCO/N=C(\C1CCCCC1)C(Cc1cnccn1)n1ccnc1. The van der Waals surface area contributed by atoms with Crippen molar-refractivity contribution in [1.82, 2.24) is 19.5 Å². The van der Waals surface area contributed by atoms with Crippen molar-refractivity contribution in [2.75, 3.05) is 6.61 Å². The molecule has 2 heterocycles. The first-order chi connectivity index (χ1) is 14.2. The Labute approximate surface area is 171 Å². The molecule has 156 valence electrons. The molecule has 0 aliphatic heterocycles. The average Bonchev–Trinajstić information content (AvgIpc) is 3.28. The van der Waals surface area contributed by atoms with E-state index in [0.717, 1.165) is 24.2 Å². The second-order valence-corrected chi connectivity index (χ2v) is 7.46. The van der Waals surface area contributed by atoms with Crippen molar-refractivity contribution in [2.24, 2.45) is 11.1 Å². The summed E-state index contributed by atoms with van der Waals surface area (Å²) in [6.45, 7) is 0.422. The van der Waals surface area contributed by atoms with Crippen LogP contribution in [0.4, 0.5) is 0 Å². The maximum atomic E-state index is 10.7. The first kappa shape index (κ1) is 21.0. The van der Waals surface area contributed by atoms with Gasteiger partial charge >= 0.3 is 5.97 Å². The van der Waals surface area contributed by atoms with Gasteiger partial charge < -0.3 is 14.5 Å². The Balaban J connectivity index is 1.76. The molecule has 2 aromatic heterocycles. The van der Waals surface area contributed by atoms with E-state index >= 15 is 0 Å². The van der Waals surface area contributed by atoms with E-state index in [1.54, 1.807) is 24.8 Å². The van der Waals surface area contributed by atoms with Crippen LogP contribution < -0.4 is 0 Å². The molecule has 0 radical (unpaired) electrons. The van der Waals surface area contributed by atoms with Gasteiger partial charge in [0.15, 0.2) is 0 Å². The van der Waals surface area contributed by atoms with Crippen LogP contribution in [0.2, 0.25) is 0 Å². The normalized spacial score (nSPS) is 16.5. The third-order valence-corrected chi connectivity index (χ3v) is 5.31. The van der Waals surface area contributed by atoms with E-state index in [1.807, 2.05) is 12.5 Å². The van der Waals surface area contributed by atoms with E-state index in [2.05, 4.69) is 24.7 Å². The topological polar surface area (TPSA) is 102 Å². The monoisotopic (exact) mass is 399 g/mol. The molecule has 8 heteroatoms. The minimum Gasteiger partial charge on any atom is -0.481 e. The van der Waals surface area contributed by atoms with Gasteiger partial charge in [-0.05, 0) is 25.7 Å². The molecule has 1 aliphatic carbocycles. The zero-order valence-corrected chi connectivity index (χ0v) is 16.7. The van der Waals surface area contributed by atoms with Crippen LogP contribution in [0.1, 0.15) is 63.1 Å². The van der Waals surface area contributed by atoms with E-state index in [0.29, 0.717) is 31.8 Å². The molecule has 3 rings (SSSR count). The lowest BCUT2D eigenvalue weighted by Crippen LogP contribution is -2.30. The average molecular weight is 399 g/mol. The minimum atomic E-state index is -0.777. The lowest BCUT2D eigenvalue weighted by atomic mass is 9.82. The molecule has 1 saturated carbocycles. The van der Waals surface area contributed by atoms with Gasteiger partial charge in [-0.1, -0.05) is 24.4 Å². The van der Waals surface area contributed by atoms with Crippen LogP contribution in [0.15, 0.2) is 42.5 Å². The van der Waals surface area contributed by atoms with E-state index in [4.69, 9.17) is 9.94 Å². The highest BCUT2D eigenvalue weighted by molar-refractivity contribution is 5.90. The van der Waals surface area contributed by atoms with Gasteiger partial charge in [0, 0.05) is 49.7 Å². The summed E-state index contributed by atoms with van der Waals surface area (Å²) in [4.78, 5) is 29.2. The molecular formula is C21H29N5O3. The Morgan fingerprint density at radius 1 is 1.21 bits per heavy atom. The maximum absolute atomic E-state index is 10.7. The quantitative estimate of drug-likeness (QED) is 0.351. The highest BCUT2D eigenvalue weighted by Gasteiger charge is 2.29. The number of carbonyl (C=O) groups is 1. The van der Waals surface area contributed by atoms with Gasteiger partial charge in [0.25, 0.3) is 0 Å². The Morgan fingerprint density at radius 3 is 2.76 bits per heavy atom. The molecule has 1 fully saturated rings. The number of hydrogen-bond donors (Lipinski definition) is 1. The molecule has 0 aromatic carbocycles. The molecule has 1 unspecified atom stereocenters. The van der Waals surface area contributed by atoms with Crippen molar-refractivity contribution in [2.45, 2.75) is 63.8 Å². The third kappa shape index (κ3) is 6.66. The Morgan fingerprint density at radius 2 is 2.07 bits per heavy atom. The van der Waals surface area contributed by atoms with Crippen molar-refractivity contribution >= 4 is 11.7 Å². The standard InChI is InChI=1S/C21H29N5O3/c27-20(28)8-4-5-13-29-25-21(17-6-2-1-3-7-17)19(26-12-11-23-16-26)14-18-15-22-9-10-24-18/h9-12,15-17,19H,1-8,13-14H2,(H,27,28)/b25-21+. The first-order valence-corrected chi connectivity index (χ1v) is 10.4. The van der Waals surface area contributed by atoms with Gasteiger partial charge in [-0.15, -0.1) is 0 Å². The number of aromatic nitrogens is 4. The minimum absolute atomic E-state index is 0.0312. The summed E-state index contributed by atoms with van der Waals surface area (Å²) >= 11 is 0. The molecule has 0 amide bonds. The molecule has 1 N–H and O–H groups in total.